The van der Waals surface area contributed by atoms with E-state index >= 15 is 0 Å². The van der Waals surface area contributed by atoms with Crippen LogP contribution in [-0.4, -0.2) is 34.9 Å². The number of carbonyl (C=O) groups is 1. The molecule has 6 heteroatoms. The minimum atomic E-state index is -0.104. The molecule has 5 nitrogen and oxygen atoms in total. The van der Waals surface area contributed by atoms with Crippen LogP contribution in [0.15, 0.2) is 30.5 Å². The Morgan fingerprint density at radius 3 is 2.86 bits per heavy atom. The van der Waals surface area contributed by atoms with Crippen molar-refractivity contribution in [3.63, 3.8) is 0 Å². The number of hydrogen-bond donors (Lipinski definition) is 1. The van der Waals surface area contributed by atoms with E-state index in [-0.39, 0.29) is 11.9 Å². The van der Waals surface area contributed by atoms with E-state index in [4.69, 9.17) is 16.3 Å². The van der Waals surface area contributed by atoms with Gasteiger partial charge in [0.1, 0.15) is 0 Å². The maximum absolute atomic E-state index is 12.4. The van der Waals surface area contributed by atoms with E-state index in [9.17, 15) is 4.79 Å². The van der Waals surface area contributed by atoms with Gasteiger partial charge >= 0.3 is 0 Å². The van der Waals surface area contributed by atoms with Crippen molar-refractivity contribution in [1.82, 2.24) is 15.1 Å². The van der Waals surface area contributed by atoms with Gasteiger partial charge < -0.3 is 10.1 Å². The molecule has 1 aromatic heterocycles. The van der Waals surface area contributed by atoms with Crippen LogP contribution in [0.4, 0.5) is 0 Å². The summed E-state index contributed by atoms with van der Waals surface area (Å²) in [5, 5.41) is 8.09. The molecular weight excluding hydrogens is 302 g/mol. The lowest BCUT2D eigenvalue weighted by Crippen LogP contribution is -2.40. The van der Waals surface area contributed by atoms with Crippen molar-refractivity contribution in [2.45, 2.75) is 25.8 Å². The second-order valence-corrected chi connectivity index (χ2v) is 5.87. The number of aryl methyl sites for hydroxylation is 1. The van der Waals surface area contributed by atoms with Gasteiger partial charge in [-0.25, -0.2) is 4.68 Å². The molecule has 1 aromatic carbocycles. The van der Waals surface area contributed by atoms with Crippen LogP contribution >= 0.6 is 11.6 Å². The molecule has 1 saturated heterocycles. The van der Waals surface area contributed by atoms with E-state index in [0.717, 1.165) is 25.1 Å². The summed E-state index contributed by atoms with van der Waals surface area (Å²) in [6.07, 6.45) is 3.68. The Morgan fingerprint density at radius 2 is 2.18 bits per heavy atom. The fraction of sp³-hybridized carbons (Fsp3) is 0.375. The van der Waals surface area contributed by atoms with Crippen LogP contribution in [0.5, 0.6) is 0 Å². The number of halogens is 1. The Bertz CT molecular complexity index is 661. The van der Waals surface area contributed by atoms with Crippen molar-refractivity contribution in [2.75, 3.05) is 13.2 Å². The number of benzene rings is 1. The average molecular weight is 320 g/mol. The first-order valence-electron chi connectivity index (χ1n) is 7.34. The fourth-order valence-corrected chi connectivity index (χ4v) is 2.65. The average Bonchev–Trinajstić information content (AvgIpc) is 2.91. The molecule has 1 aliphatic rings. The van der Waals surface area contributed by atoms with Gasteiger partial charge in [0, 0.05) is 17.8 Å². The second kappa shape index (κ2) is 6.50. The van der Waals surface area contributed by atoms with Crippen molar-refractivity contribution in [1.29, 1.82) is 0 Å². The summed E-state index contributed by atoms with van der Waals surface area (Å²) >= 11 is 5.89. The third-order valence-corrected chi connectivity index (χ3v) is 3.98. The number of amides is 1. The summed E-state index contributed by atoms with van der Waals surface area (Å²) in [4.78, 5) is 12.4. The molecule has 116 valence electrons. The van der Waals surface area contributed by atoms with E-state index in [1.165, 1.54) is 0 Å². The largest absolute Gasteiger partial charge is 0.379 e. The molecule has 1 aliphatic heterocycles. The number of nitrogens with zero attached hydrogens (tertiary/aromatic N) is 2. The Labute approximate surface area is 134 Å². The first-order valence-corrected chi connectivity index (χ1v) is 7.72. The van der Waals surface area contributed by atoms with Gasteiger partial charge in [0.05, 0.1) is 29.6 Å². The zero-order chi connectivity index (χ0) is 15.5. The van der Waals surface area contributed by atoms with Crippen LogP contribution in [0.3, 0.4) is 0 Å². The highest BCUT2D eigenvalue weighted by Crippen LogP contribution is 2.16. The second-order valence-electron chi connectivity index (χ2n) is 5.44. The van der Waals surface area contributed by atoms with Crippen LogP contribution in [-0.2, 0) is 4.74 Å². The van der Waals surface area contributed by atoms with Gasteiger partial charge in [-0.05, 0) is 44.0 Å². The van der Waals surface area contributed by atoms with Gasteiger partial charge in [0.25, 0.3) is 5.91 Å². The summed E-state index contributed by atoms with van der Waals surface area (Å²) in [5.41, 5.74) is 2.15. The van der Waals surface area contributed by atoms with Crippen molar-refractivity contribution < 1.29 is 9.53 Å². The van der Waals surface area contributed by atoms with E-state index in [0.29, 0.717) is 22.9 Å². The number of carbonyl (C=O) groups excluding carboxylic acids is 1. The summed E-state index contributed by atoms with van der Waals surface area (Å²) in [6.45, 7) is 3.19. The lowest BCUT2D eigenvalue weighted by atomic mass is 10.1. The third-order valence-electron chi connectivity index (χ3n) is 3.73. The highest BCUT2D eigenvalue weighted by molar-refractivity contribution is 6.30. The van der Waals surface area contributed by atoms with E-state index < -0.39 is 0 Å². The molecule has 0 spiro atoms. The van der Waals surface area contributed by atoms with Gasteiger partial charge in [-0.2, -0.15) is 5.10 Å². The Hall–Kier alpha value is -1.85. The molecule has 0 aliphatic carbocycles. The molecule has 3 rings (SSSR count). The van der Waals surface area contributed by atoms with Gasteiger partial charge in [-0.15, -0.1) is 0 Å². The number of rotatable bonds is 3. The predicted molar refractivity (Wildman–Crippen MR) is 84.6 cm³/mol. The smallest absolute Gasteiger partial charge is 0.255 e. The summed E-state index contributed by atoms with van der Waals surface area (Å²) in [6, 6.07) is 7.41. The Kier molecular flexibility index (Phi) is 4.45. The monoisotopic (exact) mass is 319 g/mol. The Morgan fingerprint density at radius 1 is 1.41 bits per heavy atom. The first-order chi connectivity index (χ1) is 10.6. The molecule has 1 N–H and O–H groups in total. The number of aromatic nitrogens is 2. The van der Waals surface area contributed by atoms with Crippen molar-refractivity contribution in [2.24, 2.45) is 0 Å². The Balaban J connectivity index is 1.76. The molecule has 0 radical (unpaired) electrons. The third kappa shape index (κ3) is 3.31. The molecule has 22 heavy (non-hydrogen) atoms. The fourth-order valence-electron chi connectivity index (χ4n) is 2.53. The SMILES string of the molecule is Cc1nn(-c2ccc(Cl)cc2)cc1C(=O)NC1CCCOC1. The molecule has 2 heterocycles. The van der Waals surface area contributed by atoms with Gasteiger partial charge in [-0.3, -0.25) is 4.79 Å². The number of nitrogens with one attached hydrogen (secondary N) is 1. The lowest BCUT2D eigenvalue weighted by Gasteiger charge is -2.22. The number of hydrogen-bond acceptors (Lipinski definition) is 3. The summed E-state index contributed by atoms with van der Waals surface area (Å²) < 4.78 is 7.08. The molecule has 1 unspecified atom stereocenters. The van der Waals surface area contributed by atoms with Crippen molar-refractivity contribution in [3.05, 3.63) is 46.7 Å². The molecule has 0 bridgehead atoms. The maximum Gasteiger partial charge on any atom is 0.255 e. The van der Waals surface area contributed by atoms with Crippen LogP contribution < -0.4 is 5.32 Å². The predicted octanol–water partition coefficient (Wildman–Crippen LogP) is 2.74. The summed E-state index contributed by atoms with van der Waals surface area (Å²) in [5.74, 6) is -0.104. The van der Waals surface area contributed by atoms with Gasteiger partial charge in [0.2, 0.25) is 0 Å². The zero-order valence-corrected chi connectivity index (χ0v) is 13.1. The standard InChI is InChI=1S/C16H18ClN3O2/c1-11-15(16(21)18-13-3-2-8-22-10-13)9-20(19-11)14-6-4-12(17)5-7-14/h4-7,9,13H,2-3,8,10H2,1H3,(H,18,21). The van der Waals surface area contributed by atoms with Crippen LogP contribution in [0.25, 0.3) is 5.69 Å². The molecule has 1 fully saturated rings. The van der Waals surface area contributed by atoms with E-state index in [2.05, 4.69) is 10.4 Å². The van der Waals surface area contributed by atoms with Crippen LogP contribution in [0.2, 0.25) is 5.02 Å². The lowest BCUT2D eigenvalue weighted by molar-refractivity contribution is 0.0624. The van der Waals surface area contributed by atoms with Crippen LogP contribution in [0, 0.1) is 6.92 Å². The number of ether oxygens (including phenoxy) is 1. The minimum Gasteiger partial charge on any atom is -0.379 e. The molecule has 0 saturated carbocycles. The van der Waals surface area contributed by atoms with Crippen LogP contribution in [0.1, 0.15) is 28.9 Å². The molecule has 1 amide bonds. The quantitative estimate of drug-likeness (QED) is 0.946. The first kappa shape index (κ1) is 15.1. The topological polar surface area (TPSA) is 56.2 Å². The molecule has 2 aromatic rings. The highest BCUT2D eigenvalue weighted by Gasteiger charge is 2.20. The van der Waals surface area contributed by atoms with Crippen molar-refractivity contribution >= 4 is 17.5 Å². The highest BCUT2D eigenvalue weighted by atomic mass is 35.5. The van der Waals surface area contributed by atoms with Gasteiger partial charge in [0.15, 0.2) is 0 Å². The molecule has 1 atom stereocenters. The van der Waals surface area contributed by atoms with E-state index in [1.54, 1.807) is 23.0 Å². The van der Waals surface area contributed by atoms with Gasteiger partial charge in [-0.1, -0.05) is 11.6 Å². The van der Waals surface area contributed by atoms with E-state index in [1.807, 2.05) is 19.1 Å². The summed E-state index contributed by atoms with van der Waals surface area (Å²) in [7, 11) is 0. The van der Waals surface area contributed by atoms with Crippen molar-refractivity contribution in [3.8, 4) is 5.69 Å². The maximum atomic E-state index is 12.4. The minimum absolute atomic E-state index is 0.0829. The molecular formula is C16H18ClN3O2. The zero-order valence-electron chi connectivity index (χ0n) is 12.4. The normalized spacial score (nSPS) is 18.2.